The maximum atomic E-state index is 14.0. The second-order valence-electron chi connectivity index (χ2n) is 6.05. The molecule has 1 fully saturated rings. The molecule has 0 spiro atoms. The molecule has 5 heteroatoms. The zero-order valence-electron chi connectivity index (χ0n) is 13.7. The summed E-state index contributed by atoms with van der Waals surface area (Å²) in [5, 5.41) is 7.51. The first-order valence-electron chi connectivity index (χ1n) is 8.22. The van der Waals surface area contributed by atoms with E-state index in [4.69, 9.17) is 16.3 Å². The molecule has 3 nitrogen and oxygen atoms in total. The van der Waals surface area contributed by atoms with Crippen LogP contribution in [0.25, 0.3) is 0 Å². The van der Waals surface area contributed by atoms with Crippen molar-refractivity contribution in [2.45, 2.75) is 31.5 Å². The van der Waals surface area contributed by atoms with Crippen LogP contribution in [0.1, 0.15) is 30.0 Å². The molecule has 0 amide bonds. The Balaban J connectivity index is 1.75. The molecule has 1 aliphatic rings. The lowest BCUT2D eigenvalue weighted by atomic mass is 9.92. The Morgan fingerprint density at radius 3 is 2.83 bits per heavy atom. The average Bonchev–Trinajstić information content (AvgIpc) is 2.60. The van der Waals surface area contributed by atoms with E-state index in [-0.39, 0.29) is 17.8 Å². The van der Waals surface area contributed by atoms with Crippen molar-refractivity contribution >= 4 is 11.6 Å². The van der Waals surface area contributed by atoms with Crippen molar-refractivity contribution in [3.05, 3.63) is 64.4 Å². The monoisotopic (exact) mass is 348 g/mol. The summed E-state index contributed by atoms with van der Waals surface area (Å²) >= 11 is 5.99. The molecule has 0 unspecified atom stereocenters. The van der Waals surface area contributed by atoms with E-state index >= 15 is 0 Å². The molecular weight excluding hydrogens is 327 g/mol. The number of methoxy groups -OCH3 is 1. The van der Waals surface area contributed by atoms with Gasteiger partial charge < -0.3 is 15.4 Å². The highest BCUT2D eigenvalue weighted by atomic mass is 35.5. The molecule has 0 aliphatic carbocycles. The highest BCUT2D eigenvalue weighted by molar-refractivity contribution is 6.30. The van der Waals surface area contributed by atoms with Gasteiger partial charge in [0.05, 0.1) is 7.11 Å². The van der Waals surface area contributed by atoms with Crippen LogP contribution < -0.4 is 15.4 Å². The average molecular weight is 349 g/mol. The van der Waals surface area contributed by atoms with Gasteiger partial charge in [-0.2, -0.15) is 0 Å². The molecule has 1 saturated heterocycles. The largest absolute Gasteiger partial charge is 0.493 e. The third-order valence-corrected chi connectivity index (χ3v) is 4.68. The minimum atomic E-state index is -0.428. The summed E-state index contributed by atoms with van der Waals surface area (Å²) in [5.41, 5.74) is 2.00. The fraction of sp³-hybridized carbons (Fsp3) is 0.368. The van der Waals surface area contributed by atoms with E-state index in [0.717, 1.165) is 24.9 Å². The second-order valence-corrected chi connectivity index (χ2v) is 6.49. The number of nitrogens with one attached hydrogen (secondary N) is 2. The maximum absolute atomic E-state index is 14.0. The van der Waals surface area contributed by atoms with E-state index in [1.54, 1.807) is 6.07 Å². The van der Waals surface area contributed by atoms with E-state index in [0.29, 0.717) is 11.6 Å². The predicted octanol–water partition coefficient (Wildman–Crippen LogP) is 4.07. The standard InChI is InChI=1S/C19H22ClFN2O/c1-24-19-14(10-15(20)11-16(19)21)12-23-17-8-5-9-22-18(17)13-6-3-2-4-7-13/h2-4,6-7,10-11,17-18,22-23H,5,8-9,12H2,1H3/t17-,18-/m1/s1. The number of benzene rings is 2. The maximum Gasteiger partial charge on any atom is 0.166 e. The van der Waals surface area contributed by atoms with Crippen molar-refractivity contribution in [1.29, 1.82) is 0 Å². The van der Waals surface area contributed by atoms with Crippen molar-refractivity contribution < 1.29 is 9.13 Å². The van der Waals surface area contributed by atoms with Crippen molar-refractivity contribution in [2.75, 3.05) is 13.7 Å². The van der Waals surface area contributed by atoms with Crippen molar-refractivity contribution in [2.24, 2.45) is 0 Å². The Bertz CT molecular complexity index is 681. The molecule has 24 heavy (non-hydrogen) atoms. The van der Waals surface area contributed by atoms with E-state index in [9.17, 15) is 4.39 Å². The molecule has 1 aliphatic heterocycles. The minimum Gasteiger partial charge on any atom is -0.493 e. The molecule has 2 aromatic rings. The smallest absolute Gasteiger partial charge is 0.166 e. The van der Waals surface area contributed by atoms with Gasteiger partial charge in [-0.1, -0.05) is 41.9 Å². The first-order valence-corrected chi connectivity index (χ1v) is 8.60. The Morgan fingerprint density at radius 2 is 2.08 bits per heavy atom. The Hall–Kier alpha value is -1.62. The summed E-state index contributed by atoms with van der Waals surface area (Å²) in [5.74, 6) is -0.171. The fourth-order valence-corrected chi connectivity index (χ4v) is 3.56. The fourth-order valence-electron chi connectivity index (χ4n) is 3.33. The van der Waals surface area contributed by atoms with Crippen LogP contribution in [0.5, 0.6) is 5.75 Å². The molecule has 0 radical (unpaired) electrons. The van der Waals surface area contributed by atoms with Gasteiger partial charge in [0.15, 0.2) is 11.6 Å². The topological polar surface area (TPSA) is 33.3 Å². The second kappa shape index (κ2) is 7.97. The van der Waals surface area contributed by atoms with Crippen LogP contribution in [0.2, 0.25) is 5.02 Å². The van der Waals surface area contributed by atoms with E-state index in [1.807, 2.05) is 6.07 Å². The van der Waals surface area contributed by atoms with Gasteiger partial charge in [0.2, 0.25) is 0 Å². The Kier molecular flexibility index (Phi) is 5.72. The van der Waals surface area contributed by atoms with E-state index in [1.165, 1.54) is 18.7 Å². The van der Waals surface area contributed by atoms with Crippen molar-refractivity contribution in [1.82, 2.24) is 10.6 Å². The summed E-state index contributed by atoms with van der Waals surface area (Å²) in [6, 6.07) is 13.9. The van der Waals surface area contributed by atoms with Crippen LogP contribution >= 0.6 is 11.6 Å². The number of hydrogen-bond acceptors (Lipinski definition) is 3. The molecule has 0 bridgehead atoms. The summed E-state index contributed by atoms with van der Waals surface area (Å²) in [6.07, 6.45) is 2.18. The van der Waals surface area contributed by atoms with Gasteiger partial charge in [0.1, 0.15) is 0 Å². The Labute approximate surface area is 147 Å². The third kappa shape index (κ3) is 3.89. The molecular formula is C19H22ClFN2O. The van der Waals surface area contributed by atoms with Gasteiger partial charge in [-0.25, -0.2) is 4.39 Å². The van der Waals surface area contributed by atoms with E-state index in [2.05, 4.69) is 34.9 Å². The van der Waals surface area contributed by atoms with Crippen LogP contribution in [-0.2, 0) is 6.54 Å². The number of halogens is 2. The van der Waals surface area contributed by atoms with Crippen LogP contribution in [0.3, 0.4) is 0 Å². The summed E-state index contributed by atoms with van der Waals surface area (Å²) in [4.78, 5) is 0. The normalized spacial score (nSPS) is 20.8. The van der Waals surface area contributed by atoms with Gasteiger partial charge in [-0.15, -0.1) is 0 Å². The zero-order chi connectivity index (χ0) is 16.9. The summed E-state index contributed by atoms with van der Waals surface area (Å²) in [7, 11) is 1.48. The van der Waals surface area contributed by atoms with Crippen molar-refractivity contribution in [3.63, 3.8) is 0 Å². The van der Waals surface area contributed by atoms with Crippen LogP contribution in [-0.4, -0.2) is 19.7 Å². The molecule has 0 saturated carbocycles. The number of rotatable bonds is 5. The third-order valence-electron chi connectivity index (χ3n) is 4.46. The highest BCUT2D eigenvalue weighted by Crippen LogP contribution is 2.28. The molecule has 2 atom stereocenters. The van der Waals surface area contributed by atoms with Gasteiger partial charge in [-0.3, -0.25) is 0 Å². The quantitative estimate of drug-likeness (QED) is 0.854. The number of piperidine rings is 1. The Morgan fingerprint density at radius 1 is 1.29 bits per heavy atom. The molecule has 128 valence electrons. The van der Waals surface area contributed by atoms with Crippen LogP contribution in [0, 0.1) is 5.82 Å². The zero-order valence-corrected chi connectivity index (χ0v) is 14.4. The van der Waals surface area contributed by atoms with Gasteiger partial charge in [0, 0.05) is 29.2 Å². The number of ether oxygens (including phenoxy) is 1. The molecule has 0 aromatic heterocycles. The molecule has 2 N–H and O–H groups in total. The van der Waals surface area contributed by atoms with Gasteiger partial charge in [0.25, 0.3) is 0 Å². The summed E-state index contributed by atoms with van der Waals surface area (Å²) < 4.78 is 19.2. The van der Waals surface area contributed by atoms with Gasteiger partial charge in [-0.05, 0) is 37.1 Å². The lowest BCUT2D eigenvalue weighted by molar-refractivity contribution is 0.302. The summed E-state index contributed by atoms with van der Waals surface area (Å²) in [6.45, 7) is 1.52. The first-order chi connectivity index (χ1) is 11.7. The molecule has 1 heterocycles. The molecule has 2 aromatic carbocycles. The lowest BCUT2D eigenvalue weighted by Gasteiger charge is -2.34. The van der Waals surface area contributed by atoms with Crippen molar-refractivity contribution in [3.8, 4) is 5.75 Å². The lowest BCUT2D eigenvalue weighted by Crippen LogP contribution is -2.45. The highest BCUT2D eigenvalue weighted by Gasteiger charge is 2.26. The van der Waals surface area contributed by atoms with Gasteiger partial charge >= 0.3 is 0 Å². The minimum absolute atomic E-state index is 0.245. The van der Waals surface area contributed by atoms with E-state index < -0.39 is 5.82 Å². The molecule has 3 rings (SSSR count). The van der Waals surface area contributed by atoms with Crippen LogP contribution in [0.4, 0.5) is 4.39 Å². The SMILES string of the molecule is COc1c(F)cc(Cl)cc1CN[C@@H]1CCCN[C@@H]1c1ccccc1. The van der Waals surface area contributed by atoms with Crippen LogP contribution in [0.15, 0.2) is 42.5 Å². The first kappa shape index (κ1) is 17.2. The predicted molar refractivity (Wildman–Crippen MR) is 95.0 cm³/mol. The number of hydrogen-bond donors (Lipinski definition) is 2.